The minimum Gasteiger partial charge on any atom is -0.468 e. The lowest BCUT2D eigenvalue weighted by molar-refractivity contribution is -0.165. The minimum atomic E-state index is -1.18. The van der Waals surface area contributed by atoms with Crippen molar-refractivity contribution in [2.45, 2.75) is 26.2 Å². The number of rotatable bonds is 2. The quantitative estimate of drug-likeness (QED) is 0.395. The van der Waals surface area contributed by atoms with Crippen LogP contribution in [0.2, 0.25) is 0 Å². The summed E-state index contributed by atoms with van der Waals surface area (Å²) in [5, 5.41) is 0. The molecule has 0 bridgehead atoms. The number of carbonyl (C=O) groups excluding carboxylic acids is 2. The summed E-state index contributed by atoms with van der Waals surface area (Å²) in [6.45, 7) is 1.82. The van der Waals surface area contributed by atoms with E-state index in [1.54, 1.807) is 6.08 Å². The molecule has 1 rings (SSSR count). The maximum Gasteiger partial charge on any atom is 0.327 e. The Morgan fingerprint density at radius 2 is 1.80 bits per heavy atom. The van der Waals surface area contributed by atoms with Gasteiger partial charge in [0.2, 0.25) is 0 Å². The highest BCUT2D eigenvalue weighted by atomic mass is 16.5. The molecule has 0 saturated heterocycles. The van der Waals surface area contributed by atoms with Crippen LogP contribution in [-0.2, 0) is 19.1 Å². The van der Waals surface area contributed by atoms with E-state index < -0.39 is 17.4 Å². The van der Waals surface area contributed by atoms with Crippen molar-refractivity contribution in [2.24, 2.45) is 5.41 Å². The fraction of sp³-hybridized carbons (Fsp3) is 0.636. The Morgan fingerprint density at radius 1 is 1.27 bits per heavy atom. The van der Waals surface area contributed by atoms with E-state index in [2.05, 4.69) is 0 Å². The van der Waals surface area contributed by atoms with Crippen molar-refractivity contribution < 1.29 is 19.1 Å². The first-order chi connectivity index (χ1) is 7.13. The number of allylic oxidation sites excluding steroid dienone is 1. The molecule has 4 nitrogen and oxygen atoms in total. The molecule has 1 fully saturated rings. The molecule has 84 valence electrons. The molecule has 0 amide bonds. The van der Waals surface area contributed by atoms with Crippen LogP contribution in [0.3, 0.4) is 0 Å². The third kappa shape index (κ3) is 1.64. The molecular formula is C11H16O4. The van der Waals surface area contributed by atoms with Crippen molar-refractivity contribution >= 4 is 11.9 Å². The normalized spacial score (nSPS) is 21.4. The number of carbonyl (C=O) groups is 2. The molecule has 4 heteroatoms. The van der Waals surface area contributed by atoms with Crippen LogP contribution in [0.5, 0.6) is 0 Å². The Bertz CT molecular complexity index is 288. The highest BCUT2D eigenvalue weighted by Crippen LogP contribution is 2.44. The highest BCUT2D eigenvalue weighted by Gasteiger charge is 2.53. The molecule has 1 aliphatic carbocycles. The fourth-order valence-electron chi connectivity index (χ4n) is 2.21. The maximum absolute atomic E-state index is 11.7. The number of hydrogen-bond acceptors (Lipinski definition) is 4. The summed E-state index contributed by atoms with van der Waals surface area (Å²) >= 11 is 0. The second kappa shape index (κ2) is 4.47. The molecular weight excluding hydrogens is 196 g/mol. The Morgan fingerprint density at radius 3 is 2.20 bits per heavy atom. The van der Waals surface area contributed by atoms with Gasteiger partial charge < -0.3 is 9.47 Å². The van der Waals surface area contributed by atoms with E-state index in [4.69, 9.17) is 9.47 Å². The van der Waals surface area contributed by atoms with Crippen LogP contribution in [0.1, 0.15) is 26.2 Å². The van der Waals surface area contributed by atoms with Gasteiger partial charge in [0.1, 0.15) is 0 Å². The Kier molecular flexibility index (Phi) is 3.50. The molecule has 0 aromatic carbocycles. The Labute approximate surface area is 89.2 Å². The van der Waals surface area contributed by atoms with E-state index in [1.807, 2.05) is 6.92 Å². The first-order valence-corrected chi connectivity index (χ1v) is 4.96. The Balaban J connectivity index is 3.17. The third-order valence-corrected chi connectivity index (χ3v) is 2.96. The summed E-state index contributed by atoms with van der Waals surface area (Å²) in [5.41, 5.74) is -0.376. The third-order valence-electron chi connectivity index (χ3n) is 2.96. The van der Waals surface area contributed by atoms with Crippen molar-refractivity contribution in [3.8, 4) is 0 Å². The largest absolute Gasteiger partial charge is 0.468 e. The zero-order valence-corrected chi connectivity index (χ0v) is 9.33. The second-order valence-electron chi connectivity index (χ2n) is 3.56. The average Bonchev–Trinajstić information content (AvgIpc) is 2.71. The summed E-state index contributed by atoms with van der Waals surface area (Å²) in [6.07, 6.45) is 3.84. The van der Waals surface area contributed by atoms with Gasteiger partial charge in [-0.1, -0.05) is 6.08 Å². The molecule has 0 aliphatic heterocycles. The second-order valence-corrected chi connectivity index (χ2v) is 3.56. The van der Waals surface area contributed by atoms with Crippen LogP contribution in [0.4, 0.5) is 0 Å². The van der Waals surface area contributed by atoms with Crippen LogP contribution in [-0.4, -0.2) is 26.2 Å². The molecule has 0 atom stereocenters. The molecule has 0 radical (unpaired) electrons. The van der Waals surface area contributed by atoms with Crippen molar-refractivity contribution in [3.63, 3.8) is 0 Å². The van der Waals surface area contributed by atoms with Crippen LogP contribution in [0.15, 0.2) is 11.6 Å². The molecule has 1 aliphatic rings. The van der Waals surface area contributed by atoms with Gasteiger partial charge in [0, 0.05) is 0 Å². The maximum atomic E-state index is 11.7. The van der Waals surface area contributed by atoms with Gasteiger partial charge in [-0.3, -0.25) is 9.59 Å². The molecule has 15 heavy (non-hydrogen) atoms. The smallest absolute Gasteiger partial charge is 0.327 e. The standard InChI is InChI=1S/C11H16O4/c1-4-8-6-5-7-11(8,9(12)14-2)10(13)15-3/h4H,5-7H2,1-3H3/b8-4-. The van der Waals surface area contributed by atoms with Gasteiger partial charge in [0.25, 0.3) is 0 Å². The summed E-state index contributed by atoms with van der Waals surface area (Å²) < 4.78 is 9.42. The lowest BCUT2D eigenvalue weighted by Gasteiger charge is -2.24. The number of ether oxygens (including phenoxy) is 2. The van der Waals surface area contributed by atoms with Crippen molar-refractivity contribution in [2.75, 3.05) is 14.2 Å². The predicted octanol–water partition coefficient (Wildman–Crippen LogP) is 1.45. The van der Waals surface area contributed by atoms with Gasteiger partial charge in [0.15, 0.2) is 5.41 Å². The number of esters is 2. The summed E-state index contributed by atoms with van der Waals surface area (Å²) in [6, 6.07) is 0. The minimum absolute atomic E-state index is 0.478. The molecule has 1 saturated carbocycles. The molecule has 0 spiro atoms. The summed E-state index contributed by atoms with van der Waals surface area (Å²) in [4.78, 5) is 23.5. The van der Waals surface area contributed by atoms with Crippen LogP contribution < -0.4 is 0 Å². The van der Waals surface area contributed by atoms with Gasteiger partial charge >= 0.3 is 11.9 Å². The van der Waals surface area contributed by atoms with Gasteiger partial charge in [-0.2, -0.15) is 0 Å². The van der Waals surface area contributed by atoms with E-state index in [-0.39, 0.29) is 0 Å². The van der Waals surface area contributed by atoms with Gasteiger partial charge in [0.05, 0.1) is 14.2 Å². The summed E-state index contributed by atoms with van der Waals surface area (Å²) in [5.74, 6) is -1.03. The first kappa shape index (κ1) is 11.8. The van der Waals surface area contributed by atoms with Crippen LogP contribution in [0.25, 0.3) is 0 Å². The molecule has 0 unspecified atom stereocenters. The lowest BCUT2D eigenvalue weighted by atomic mass is 9.82. The summed E-state index contributed by atoms with van der Waals surface area (Å²) in [7, 11) is 2.58. The first-order valence-electron chi connectivity index (χ1n) is 4.96. The van der Waals surface area contributed by atoms with E-state index in [9.17, 15) is 9.59 Å². The van der Waals surface area contributed by atoms with Gasteiger partial charge in [-0.15, -0.1) is 0 Å². The number of methoxy groups -OCH3 is 2. The van der Waals surface area contributed by atoms with E-state index in [0.29, 0.717) is 6.42 Å². The zero-order valence-electron chi connectivity index (χ0n) is 9.33. The van der Waals surface area contributed by atoms with E-state index >= 15 is 0 Å². The molecule has 0 heterocycles. The van der Waals surface area contributed by atoms with Crippen LogP contribution in [0, 0.1) is 5.41 Å². The molecule has 0 N–H and O–H groups in total. The van der Waals surface area contributed by atoms with Crippen molar-refractivity contribution in [1.82, 2.24) is 0 Å². The van der Waals surface area contributed by atoms with Gasteiger partial charge in [-0.05, 0) is 31.8 Å². The fourth-order valence-corrected chi connectivity index (χ4v) is 2.21. The Hall–Kier alpha value is -1.32. The zero-order chi connectivity index (χ0) is 11.5. The highest BCUT2D eigenvalue weighted by molar-refractivity contribution is 6.04. The SMILES string of the molecule is C/C=C1/CCCC1(C(=O)OC)C(=O)OC. The monoisotopic (exact) mass is 212 g/mol. The molecule has 0 aromatic rings. The van der Waals surface area contributed by atoms with E-state index in [1.165, 1.54) is 14.2 Å². The van der Waals surface area contributed by atoms with Gasteiger partial charge in [-0.25, -0.2) is 0 Å². The van der Waals surface area contributed by atoms with Crippen LogP contribution >= 0.6 is 0 Å². The predicted molar refractivity (Wildman–Crippen MR) is 54.1 cm³/mol. The average molecular weight is 212 g/mol. The van der Waals surface area contributed by atoms with Crippen molar-refractivity contribution in [3.05, 3.63) is 11.6 Å². The molecule has 0 aromatic heterocycles. The number of hydrogen-bond donors (Lipinski definition) is 0. The lowest BCUT2D eigenvalue weighted by Crippen LogP contribution is -2.40. The van der Waals surface area contributed by atoms with Crippen molar-refractivity contribution in [1.29, 1.82) is 0 Å². The van der Waals surface area contributed by atoms with E-state index in [0.717, 1.165) is 18.4 Å². The topological polar surface area (TPSA) is 52.6 Å².